The number of nitrogens with zero attached hydrogens (tertiary/aromatic N) is 3. The Kier molecular flexibility index (Phi) is 11.4. The number of halogens is 1. The Labute approximate surface area is 182 Å². The Morgan fingerprint density at radius 1 is 1.37 bits per heavy atom. The van der Waals surface area contributed by atoms with Gasteiger partial charge >= 0.3 is 0 Å². The molecule has 0 radical (unpaired) electrons. The van der Waals surface area contributed by atoms with E-state index in [0.29, 0.717) is 30.1 Å². The predicted molar refractivity (Wildman–Crippen MR) is 121 cm³/mol. The zero-order valence-corrected chi connectivity index (χ0v) is 20.0. The summed E-state index contributed by atoms with van der Waals surface area (Å²) in [5, 5.41) is 11.1. The highest BCUT2D eigenvalue weighted by atomic mass is 127. The molecule has 0 spiro atoms. The van der Waals surface area contributed by atoms with Crippen LogP contribution in [0.4, 0.5) is 0 Å². The minimum absolute atomic E-state index is 0. The molecule has 3 atom stereocenters. The molecule has 0 bridgehead atoms. The maximum Gasteiger partial charge on any atom is 0.228 e. The molecule has 1 fully saturated rings. The van der Waals surface area contributed by atoms with Crippen LogP contribution in [0.25, 0.3) is 0 Å². The van der Waals surface area contributed by atoms with Gasteiger partial charge in [0.25, 0.3) is 0 Å². The molecule has 0 aliphatic heterocycles. The van der Waals surface area contributed by atoms with Crippen molar-refractivity contribution in [2.75, 3.05) is 18.8 Å². The summed E-state index contributed by atoms with van der Waals surface area (Å²) in [4.78, 5) is 9.02. The quantitative estimate of drug-likeness (QED) is 0.317. The van der Waals surface area contributed by atoms with Gasteiger partial charge in [0.05, 0.1) is 6.54 Å². The van der Waals surface area contributed by atoms with E-state index in [1.807, 2.05) is 20.8 Å². The van der Waals surface area contributed by atoms with E-state index >= 15 is 0 Å². The monoisotopic (exact) mass is 511 g/mol. The van der Waals surface area contributed by atoms with E-state index in [9.17, 15) is 4.21 Å². The number of hydrogen-bond donors (Lipinski definition) is 2. The molecular formula is C18H34IN5O2S. The van der Waals surface area contributed by atoms with Gasteiger partial charge < -0.3 is 15.2 Å². The van der Waals surface area contributed by atoms with Crippen LogP contribution in [0, 0.1) is 0 Å². The smallest absolute Gasteiger partial charge is 0.228 e. The van der Waals surface area contributed by atoms with E-state index in [-0.39, 0.29) is 29.9 Å². The lowest BCUT2D eigenvalue weighted by atomic mass is 9.95. The van der Waals surface area contributed by atoms with Gasteiger partial charge in [-0.3, -0.25) is 9.20 Å². The van der Waals surface area contributed by atoms with Crippen molar-refractivity contribution in [1.29, 1.82) is 0 Å². The summed E-state index contributed by atoms with van der Waals surface area (Å²) >= 11 is 0. The summed E-state index contributed by atoms with van der Waals surface area (Å²) in [5.41, 5.74) is 0. The van der Waals surface area contributed by atoms with Crippen LogP contribution >= 0.6 is 24.0 Å². The third-order valence-corrected chi connectivity index (χ3v) is 6.30. The van der Waals surface area contributed by atoms with Gasteiger partial charge in [-0.1, -0.05) is 32.3 Å². The van der Waals surface area contributed by atoms with Crippen molar-refractivity contribution >= 4 is 40.7 Å². The number of guanidine groups is 1. The Hall–Kier alpha value is -0.710. The van der Waals surface area contributed by atoms with Crippen molar-refractivity contribution in [3.05, 3.63) is 11.7 Å². The molecular weight excluding hydrogens is 477 g/mol. The summed E-state index contributed by atoms with van der Waals surface area (Å²) in [5.74, 6) is 3.19. The molecule has 3 unspecified atom stereocenters. The van der Waals surface area contributed by atoms with Gasteiger partial charge in [-0.05, 0) is 26.2 Å². The van der Waals surface area contributed by atoms with E-state index in [0.717, 1.165) is 49.8 Å². The van der Waals surface area contributed by atoms with Crippen LogP contribution in [0.3, 0.4) is 0 Å². The molecule has 1 aromatic heterocycles. The van der Waals surface area contributed by atoms with Crippen LogP contribution in [-0.2, 0) is 17.2 Å². The number of hydrogen-bond acceptors (Lipinski definition) is 5. The van der Waals surface area contributed by atoms with Crippen LogP contribution < -0.4 is 10.6 Å². The topological polar surface area (TPSA) is 92.4 Å². The molecule has 27 heavy (non-hydrogen) atoms. The summed E-state index contributed by atoms with van der Waals surface area (Å²) in [6.45, 7) is 9.54. The average Bonchev–Trinajstić information content (AvgIpc) is 3.10. The molecule has 9 heteroatoms. The molecule has 0 saturated heterocycles. The molecule has 1 heterocycles. The van der Waals surface area contributed by atoms with Crippen molar-refractivity contribution in [1.82, 2.24) is 20.8 Å². The Balaban J connectivity index is 0.00000364. The second-order valence-corrected chi connectivity index (χ2v) is 9.02. The number of aromatic nitrogens is 2. The van der Waals surface area contributed by atoms with E-state index in [1.165, 1.54) is 0 Å². The van der Waals surface area contributed by atoms with Gasteiger partial charge in [0, 0.05) is 46.7 Å². The highest BCUT2D eigenvalue weighted by Gasteiger charge is 2.26. The van der Waals surface area contributed by atoms with Crippen LogP contribution in [0.1, 0.15) is 71.0 Å². The summed E-state index contributed by atoms with van der Waals surface area (Å²) in [7, 11) is -0.713. The third-order valence-electron chi connectivity index (χ3n) is 4.56. The highest BCUT2D eigenvalue weighted by Crippen LogP contribution is 2.23. The van der Waals surface area contributed by atoms with Crippen LogP contribution in [0.15, 0.2) is 9.52 Å². The summed E-state index contributed by atoms with van der Waals surface area (Å²) in [6.07, 6.45) is 4.87. The normalized spacial score (nSPS) is 21.6. The average molecular weight is 511 g/mol. The molecule has 1 aliphatic rings. The van der Waals surface area contributed by atoms with Crippen molar-refractivity contribution in [2.45, 2.75) is 77.0 Å². The Bertz CT molecular complexity index is 608. The first-order valence-corrected chi connectivity index (χ1v) is 11.2. The van der Waals surface area contributed by atoms with Crippen LogP contribution in [-0.4, -0.2) is 50.4 Å². The number of aliphatic imine (C=N–C) groups is 1. The summed E-state index contributed by atoms with van der Waals surface area (Å²) < 4.78 is 17.4. The fourth-order valence-corrected chi connectivity index (χ4v) is 4.48. The highest BCUT2D eigenvalue weighted by molar-refractivity contribution is 14.0. The predicted octanol–water partition coefficient (Wildman–Crippen LogP) is 2.99. The second kappa shape index (κ2) is 12.7. The minimum atomic E-state index is -0.713. The lowest BCUT2D eigenvalue weighted by Crippen LogP contribution is -2.46. The van der Waals surface area contributed by atoms with Crippen molar-refractivity contribution < 1.29 is 8.73 Å². The first-order valence-electron chi connectivity index (χ1n) is 9.77. The van der Waals surface area contributed by atoms with Gasteiger partial charge in [0.1, 0.15) is 0 Å². The van der Waals surface area contributed by atoms with E-state index in [2.05, 4.69) is 32.7 Å². The van der Waals surface area contributed by atoms with Gasteiger partial charge in [0.15, 0.2) is 11.8 Å². The van der Waals surface area contributed by atoms with Crippen molar-refractivity contribution in [3.63, 3.8) is 0 Å². The SMILES string of the molecule is CCNC(=NCCc1nc(C(C)C)no1)NC1CCCC(S(=O)CC)C1.I. The maximum absolute atomic E-state index is 12.1. The molecule has 2 N–H and O–H groups in total. The van der Waals surface area contributed by atoms with Gasteiger partial charge in [-0.15, -0.1) is 24.0 Å². The standard InChI is InChI=1S/C18H33N5O2S.HI/c1-5-19-18(20-11-10-16-22-17(13(3)4)23-25-16)21-14-8-7-9-15(12-14)26(24)6-2;/h13-15H,5-12H2,1-4H3,(H2,19,20,21);1H. The van der Waals surface area contributed by atoms with Crippen molar-refractivity contribution in [2.24, 2.45) is 4.99 Å². The molecule has 156 valence electrons. The van der Waals surface area contributed by atoms with E-state index in [4.69, 9.17) is 4.52 Å². The molecule has 1 saturated carbocycles. The van der Waals surface area contributed by atoms with Gasteiger partial charge in [-0.25, -0.2) is 0 Å². The maximum atomic E-state index is 12.1. The molecule has 7 nitrogen and oxygen atoms in total. The zero-order chi connectivity index (χ0) is 18.9. The van der Waals surface area contributed by atoms with Gasteiger partial charge in [0.2, 0.25) is 5.89 Å². The van der Waals surface area contributed by atoms with Crippen LogP contribution in [0.5, 0.6) is 0 Å². The zero-order valence-electron chi connectivity index (χ0n) is 16.9. The molecule has 1 aliphatic carbocycles. The number of nitrogens with one attached hydrogen (secondary N) is 2. The molecule has 0 amide bonds. The largest absolute Gasteiger partial charge is 0.357 e. The molecule has 1 aromatic rings. The van der Waals surface area contributed by atoms with Crippen molar-refractivity contribution in [3.8, 4) is 0 Å². The fourth-order valence-electron chi connectivity index (χ4n) is 3.13. The summed E-state index contributed by atoms with van der Waals surface area (Å²) in [6, 6.07) is 0.331. The number of rotatable bonds is 8. The van der Waals surface area contributed by atoms with E-state index in [1.54, 1.807) is 0 Å². The minimum Gasteiger partial charge on any atom is -0.357 e. The lowest BCUT2D eigenvalue weighted by molar-refractivity contribution is 0.372. The first kappa shape index (κ1) is 24.3. The van der Waals surface area contributed by atoms with Gasteiger partial charge in [-0.2, -0.15) is 4.98 Å². The first-order chi connectivity index (χ1) is 12.5. The lowest BCUT2D eigenvalue weighted by Gasteiger charge is -2.30. The fraction of sp³-hybridized carbons (Fsp3) is 0.833. The third kappa shape index (κ3) is 8.05. The van der Waals surface area contributed by atoms with E-state index < -0.39 is 10.8 Å². The Morgan fingerprint density at radius 2 is 2.15 bits per heavy atom. The second-order valence-electron chi connectivity index (χ2n) is 7.01. The molecule has 2 rings (SSSR count). The Morgan fingerprint density at radius 3 is 2.78 bits per heavy atom. The molecule has 0 aromatic carbocycles. The van der Waals surface area contributed by atoms with Crippen LogP contribution in [0.2, 0.25) is 0 Å².